The summed E-state index contributed by atoms with van der Waals surface area (Å²) >= 11 is 0. The number of benzene rings is 3. The molecule has 0 aliphatic carbocycles. The molecule has 1 unspecified atom stereocenters. The number of anilines is 1. The molecule has 0 aliphatic rings. The number of aryl methyl sites for hydroxylation is 3. The Hall–Kier alpha value is -4.13. The smallest absolute Gasteiger partial charge is 0.303 e. The molecule has 3 aromatic rings. The van der Waals surface area contributed by atoms with Crippen molar-refractivity contribution in [1.29, 1.82) is 0 Å². The molecule has 0 aromatic heterocycles. The maximum atomic E-state index is 13.5. The Labute approximate surface area is 249 Å². The number of nitrogens with one attached hydrogen (secondary N) is 1. The largest absolute Gasteiger partial charge is 0.493 e. The summed E-state index contributed by atoms with van der Waals surface area (Å²) in [5.41, 5.74) is 5.16. The van der Waals surface area contributed by atoms with E-state index in [1.54, 1.807) is 18.2 Å². The quantitative estimate of drug-likeness (QED) is 0.191. The minimum Gasteiger partial charge on any atom is -0.493 e. The van der Waals surface area contributed by atoms with E-state index in [9.17, 15) is 19.5 Å². The number of rotatable bonds is 16. The van der Waals surface area contributed by atoms with E-state index >= 15 is 0 Å². The molecule has 0 saturated heterocycles. The van der Waals surface area contributed by atoms with E-state index in [4.69, 9.17) is 9.47 Å². The topological polar surface area (TPSA) is 102 Å². The Morgan fingerprint density at radius 1 is 0.833 bits per heavy atom. The summed E-state index contributed by atoms with van der Waals surface area (Å²) in [7, 11) is 3.04. The van der Waals surface area contributed by atoms with Gasteiger partial charge in [-0.15, -0.1) is 0 Å². The molecule has 0 radical (unpaired) electrons. The van der Waals surface area contributed by atoms with Gasteiger partial charge >= 0.3 is 5.97 Å². The second-order valence-corrected chi connectivity index (χ2v) is 11.3. The first-order valence-corrected chi connectivity index (χ1v) is 14.5. The molecule has 42 heavy (non-hydrogen) atoms. The number of Topliss-reactive ketones (excluding diaryl/α,β-unsaturated/α-hetero) is 1. The lowest BCUT2D eigenvalue weighted by molar-refractivity contribution is -0.137. The van der Waals surface area contributed by atoms with Crippen molar-refractivity contribution in [3.63, 3.8) is 0 Å². The lowest BCUT2D eigenvalue weighted by Crippen LogP contribution is -2.25. The maximum Gasteiger partial charge on any atom is 0.303 e. The number of carboxylic acid groups (broad SMARTS) is 1. The number of ether oxygens (including phenoxy) is 2. The summed E-state index contributed by atoms with van der Waals surface area (Å²) in [5, 5.41) is 12.5. The van der Waals surface area contributed by atoms with Crippen LogP contribution in [0.5, 0.6) is 11.5 Å². The second-order valence-electron chi connectivity index (χ2n) is 11.3. The average molecular weight is 574 g/mol. The van der Waals surface area contributed by atoms with E-state index in [1.807, 2.05) is 44.2 Å². The molecule has 1 amide bonds. The van der Waals surface area contributed by atoms with Crippen molar-refractivity contribution in [2.75, 3.05) is 19.5 Å². The van der Waals surface area contributed by atoms with Crippen LogP contribution >= 0.6 is 0 Å². The van der Waals surface area contributed by atoms with Crippen LogP contribution in [-0.2, 0) is 27.2 Å². The number of aliphatic carboxylic acids is 1. The molecular weight excluding hydrogens is 530 g/mol. The molecule has 0 aliphatic heterocycles. The molecule has 2 atom stereocenters. The fourth-order valence-electron chi connectivity index (χ4n) is 5.29. The highest BCUT2D eigenvalue weighted by Gasteiger charge is 2.28. The van der Waals surface area contributed by atoms with Crippen LogP contribution in [0.2, 0.25) is 0 Å². The van der Waals surface area contributed by atoms with Crippen molar-refractivity contribution in [2.24, 2.45) is 11.8 Å². The van der Waals surface area contributed by atoms with Gasteiger partial charge in [-0.3, -0.25) is 14.4 Å². The second kappa shape index (κ2) is 15.8. The Morgan fingerprint density at radius 3 is 2.14 bits per heavy atom. The first kappa shape index (κ1) is 32.4. The zero-order valence-electron chi connectivity index (χ0n) is 25.3. The molecule has 2 N–H and O–H groups in total. The predicted octanol–water partition coefficient (Wildman–Crippen LogP) is 7.01. The zero-order valence-corrected chi connectivity index (χ0v) is 25.3. The molecule has 0 fully saturated rings. The van der Waals surface area contributed by atoms with Crippen molar-refractivity contribution >= 4 is 23.3 Å². The third-order valence-corrected chi connectivity index (χ3v) is 7.57. The highest BCUT2D eigenvalue weighted by Crippen LogP contribution is 2.34. The predicted molar refractivity (Wildman–Crippen MR) is 165 cm³/mol. The maximum absolute atomic E-state index is 13.5. The molecule has 224 valence electrons. The molecule has 7 nitrogen and oxygen atoms in total. The van der Waals surface area contributed by atoms with E-state index in [2.05, 4.69) is 30.4 Å². The van der Waals surface area contributed by atoms with E-state index in [0.29, 0.717) is 29.2 Å². The molecule has 3 rings (SSSR count). The van der Waals surface area contributed by atoms with Crippen LogP contribution in [0.15, 0.2) is 66.7 Å². The Kier molecular flexibility index (Phi) is 12.1. The van der Waals surface area contributed by atoms with Crippen LogP contribution in [0.4, 0.5) is 5.69 Å². The molecule has 0 bridgehead atoms. The lowest BCUT2D eigenvalue weighted by Gasteiger charge is -2.22. The molecular formula is C35H43NO6. The first-order valence-electron chi connectivity index (χ1n) is 14.5. The van der Waals surface area contributed by atoms with Gasteiger partial charge in [-0.05, 0) is 78.6 Å². The third-order valence-electron chi connectivity index (χ3n) is 7.57. The Bertz CT molecular complexity index is 1350. The highest BCUT2D eigenvalue weighted by atomic mass is 16.5. The average Bonchev–Trinajstić information content (AvgIpc) is 2.96. The van der Waals surface area contributed by atoms with Gasteiger partial charge in [0.15, 0.2) is 11.5 Å². The van der Waals surface area contributed by atoms with Crippen LogP contribution in [-0.4, -0.2) is 37.0 Å². The summed E-state index contributed by atoms with van der Waals surface area (Å²) in [6.45, 7) is 6.14. The fourth-order valence-corrected chi connectivity index (χ4v) is 5.29. The Balaban J connectivity index is 1.65. The summed E-state index contributed by atoms with van der Waals surface area (Å²) in [4.78, 5) is 38.3. The van der Waals surface area contributed by atoms with E-state index < -0.39 is 17.8 Å². The number of methoxy groups -OCH3 is 2. The Morgan fingerprint density at radius 2 is 1.52 bits per heavy atom. The van der Waals surface area contributed by atoms with Crippen LogP contribution < -0.4 is 14.8 Å². The van der Waals surface area contributed by atoms with Crippen LogP contribution in [0.3, 0.4) is 0 Å². The summed E-state index contributed by atoms with van der Waals surface area (Å²) < 4.78 is 10.7. The minimum absolute atomic E-state index is 0.0159. The normalized spacial score (nSPS) is 12.4. The summed E-state index contributed by atoms with van der Waals surface area (Å²) in [5.74, 6) is -1.24. The van der Waals surface area contributed by atoms with Crippen LogP contribution in [0.25, 0.3) is 0 Å². The minimum atomic E-state index is -0.997. The van der Waals surface area contributed by atoms with E-state index in [-0.39, 0.29) is 36.9 Å². The number of hydrogen-bond acceptors (Lipinski definition) is 5. The van der Waals surface area contributed by atoms with Gasteiger partial charge in [0.05, 0.1) is 20.6 Å². The monoisotopic (exact) mass is 573 g/mol. The lowest BCUT2D eigenvalue weighted by atomic mass is 9.82. The number of amides is 1. The number of hydrogen-bond donors (Lipinski definition) is 2. The van der Waals surface area contributed by atoms with Crippen molar-refractivity contribution in [1.82, 2.24) is 0 Å². The molecule has 3 aromatic carbocycles. The van der Waals surface area contributed by atoms with Crippen molar-refractivity contribution in [2.45, 2.75) is 65.2 Å². The summed E-state index contributed by atoms with van der Waals surface area (Å²) in [6.07, 6.45) is 2.23. The SMILES string of the molecule is COc1ccc([C@H](CC(=O)O)CC(=O)C(CC(=O)Nc2ccc(CCc3ccccc3C)cc2)CC(C)C)cc1OC. The fraction of sp³-hybridized carbons (Fsp3) is 0.400. The molecule has 0 heterocycles. The van der Waals surface area contributed by atoms with Gasteiger partial charge in [-0.1, -0.05) is 56.3 Å². The van der Waals surface area contributed by atoms with Gasteiger partial charge in [0, 0.05) is 30.4 Å². The van der Waals surface area contributed by atoms with Gasteiger partial charge in [-0.2, -0.15) is 0 Å². The van der Waals surface area contributed by atoms with E-state index in [1.165, 1.54) is 30.9 Å². The number of ketones is 1. The number of carboxylic acids is 1. The third kappa shape index (κ3) is 9.75. The highest BCUT2D eigenvalue weighted by molar-refractivity contribution is 5.94. The molecule has 0 spiro atoms. The van der Waals surface area contributed by atoms with Gasteiger partial charge in [0.2, 0.25) is 5.91 Å². The van der Waals surface area contributed by atoms with Gasteiger partial charge in [-0.25, -0.2) is 0 Å². The summed E-state index contributed by atoms with van der Waals surface area (Å²) in [6, 6.07) is 21.4. The van der Waals surface area contributed by atoms with Gasteiger partial charge in [0.1, 0.15) is 5.78 Å². The standard InChI is InChI=1S/C35H43NO6/c1-23(2)18-29(31(37)19-28(22-35(39)40)27-14-17-32(41-4)33(20-27)42-5)21-34(38)36-30-15-11-25(12-16-30)10-13-26-9-7-6-8-24(26)3/h6-9,11-12,14-17,20,23,28-29H,10,13,18-19,21-22H2,1-5H3,(H,36,38)(H,39,40)/t28-,29?/m0/s1. The number of carbonyl (C=O) groups is 3. The van der Waals surface area contributed by atoms with Gasteiger partial charge in [0.25, 0.3) is 0 Å². The molecule has 0 saturated carbocycles. The first-order chi connectivity index (χ1) is 20.1. The number of carbonyl (C=O) groups excluding carboxylic acids is 2. The van der Waals surface area contributed by atoms with Crippen LogP contribution in [0.1, 0.15) is 67.7 Å². The van der Waals surface area contributed by atoms with Crippen molar-refractivity contribution < 1.29 is 29.0 Å². The zero-order chi connectivity index (χ0) is 30.6. The van der Waals surface area contributed by atoms with E-state index in [0.717, 1.165) is 12.8 Å². The molecule has 7 heteroatoms. The van der Waals surface area contributed by atoms with Crippen molar-refractivity contribution in [3.05, 3.63) is 89.0 Å². The van der Waals surface area contributed by atoms with Crippen LogP contribution in [0, 0.1) is 18.8 Å². The van der Waals surface area contributed by atoms with Gasteiger partial charge < -0.3 is 19.9 Å². The van der Waals surface area contributed by atoms with Crippen molar-refractivity contribution in [3.8, 4) is 11.5 Å².